The Kier molecular flexibility index (Phi) is 6.46. The first kappa shape index (κ1) is 26.2. The molecule has 0 aliphatic carbocycles. The molecule has 1 unspecified atom stereocenters. The van der Waals surface area contributed by atoms with Gasteiger partial charge in [-0.15, -0.1) is 11.3 Å². The van der Waals surface area contributed by atoms with Gasteiger partial charge < -0.3 is 9.84 Å². The normalized spacial score (nSPS) is 12.9. The van der Waals surface area contributed by atoms with Crippen LogP contribution < -0.4 is 5.56 Å². The monoisotopic (exact) mass is 549 g/mol. The number of carboxylic acids is 1. The van der Waals surface area contributed by atoms with Gasteiger partial charge in [-0.3, -0.25) is 14.2 Å². The molecule has 0 fully saturated rings. The lowest BCUT2D eigenvalue weighted by atomic mass is 9.91. The third kappa shape index (κ3) is 4.53. The van der Waals surface area contributed by atoms with Gasteiger partial charge in [0.2, 0.25) is 0 Å². The molecule has 5 rings (SSSR count). The molecule has 2 aromatic heterocycles. The van der Waals surface area contributed by atoms with E-state index in [-0.39, 0.29) is 5.56 Å². The second-order valence-electron chi connectivity index (χ2n) is 10.4. The Morgan fingerprint density at radius 1 is 1.05 bits per heavy atom. The molecule has 5 aromatic rings. The topological polar surface area (TPSA) is 86.4 Å². The van der Waals surface area contributed by atoms with Gasteiger partial charge in [0.05, 0.1) is 26.7 Å². The number of nitrogens with zero attached hydrogens (tertiary/aromatic N) is 3. The lowest BCUT2D eigenvalue weighted by Gasteiger charge is -2.28. The summed E-state index contributed by atoms with van der Waals surface area (Å²) in [6.07, 6.45) is -1.18. The fourth-order valence-electron chi connectivity index (χ4n) is 4.76. The van der Waals surface area contributed by atoms with Crippen molar-refractivity contribution >= 4 is 50.0 Å². The van der Waals surface area contributed by atoms with Crippen molar-refractivity contribution in [2.24, 2.45) is 14.1 Å². The highest BCUT2D eigenvalue weighted by molar-refractivity contribution is 7.22. The van der Waals surface area contributed by atoms with Crippen LogP contribution in [0.4, 0.5) is 0 Å². The van der Waals surface area contributed by atoms with Crippen LogP contribution in [-0.2, 0) is 23.6 Å². The Hall–Kier alpha value is -3.46. The first-order chi connectivity index (χ1) is 17.9. The third-order valence-electron chi connectivity index (χ3n) is 6.59. The van der Waals surface area contributed by atoms with Gasteiger partial charge in [0.25, 0.3) is 5.56 Å². The van der Waals surface area contributed by atoms with Crippen molar-refractivity contribution in [2.45, 2.75) is 39.4 Å². The lowest BCUT2D eigenvalue weighted by Crippen LogP contribution is -2.28. The molecule has 7 nitrogen and oxygen atoms in total. The van der Waals surface area contributed by atoms with E-state index in [0.29, 0.717) is 16.0 Å². The summed E-state index contributed by atoms with van der Waals surface area (Å²) >= 11 is 7.65. The van der Waals surface area contributed by atoms with Crippen LogP contribution in [0.2, 0.25) is 5.02 Å². The number of ether oxygens (including phenoxy) is 1. The molecular weight excluding hydrogens is 522 g/mol. The van der Waals surface area contributed by atoms with Gasteiger partial charge in [0.15, 0.2) is 6.10 Å². The van der Waals surface area contributed by atoms with E-state index >= 15 is 0 Å². The van der Waals surface area contributed by atoms with Crippen LogP contribution in [-0.4, -0.2) is 31.0 Å². The second kappa shape index (κ2) is 9.38. The molecule has 0 bridgehead atoms. The maximum Gasteiger partial charge on any atom is 0.337 e. The predicted octanol–water partition coefficient (Wildman–Crippen LogP) is 6.72. The molecule has 2 heterocycles. The van der Waals surface area contributed by atoms with Gasteiger partial charge in [-0.25, -0.2) is 9.78 Å². The molecule has 0 aliphatic rings. The molecule has 0 aliphatic heterocycles. The van der Waals surface area contributed by atoms with E-state index in [1.807, 2.05) is 75.8 Å². The molecule has 0 radical (unpaired) electrons. The number of halogens is 1. The molecular formula is C29H28ClN3O4S. The van der Waals surface area contributed by atoms with Crippen LogP contribution in [0, 0.1) is 6.92 Å². The number of aryl methyl sites for hydroxylation is 2. The number of fused-ring (bicyclic) bond motifs is 2. The number of rotatable bonds is 5. The average molecular weight is 550 g/mol. The fraction of sp³-hybridized carbons (Fsp3) is 0.276. The summed E-state index contributed by atoms with van der Waals surface area (Å²) in [7, 11) is 3.59. The van der Waals surface area contributed by atoms with E-state index in [0.717, 1.165) is 43.0 Å². The summed E-state index contributed by atoms with van der Waals surface area (Å²) in [5.74, 6) is -1.06. The van der Waals surface area contributed by atoms with Gasteiger partial charge in [-0.1, -0.05) is 23.7 Å². The van der Waals surface area contributed by atoms with Crippen molar-refractivity contribution in [1.29, 1.82) is 0 Å². The number of carbonyl (C=O) groups is 1. The number of aromatic nitrogens is 3. The maximum atomic E-state index is 12.8. The van der Waals surface area contributed by atoms with E-state index in [1.165, 1.54) is 11.3 Å². The number of hydrogen-bond acceptors (Lipinski definition) is 5. The van der Waals surface area contributed by atoms with Gasteiger partial charge in [0, 0.05) is 35.8 Å². The molecule has 0 spiro atoms. The van der Waals surface area contributed by atoms with Gasteiger partial charge in [-0.05, 0) is 75.2 Å². The van der Waals surface area contributed by atoms with E-state index in [9.17, 15) is 14.7 Å². The van der Waals surface area contributed by atoms with Gasteiger partial charge >= 0.3 is 5.97 Å². The minimum absolute atomic E-state index is 0.0749. The fourth-order valence-corrected chi connectivity index (χ4v) is 6.00. The van der Waals surface area contributed by atoms with Crippen molar-refractivity contribution in [3.05, 3.63) is 75.0 Å². The summed E-state index contributed by atoms with van der Waals surface area (Å²) in [5.41, 5.74) is 4.59. The first-order valence-corrected chi connectivity index (χ1v) is 13.3. The quantitative estimate of drug-likeness (QED) is 0.263. The highest BCUT2D eigenvalue weighted by atomic mass is 35.5. The van der Waals surface area contributed by atoms with E-state index in [4.69, 9.17) is 21.3 Å². The van der Waals surface area contributed by atoms with Crippen molar-refractivity contribution in [2.75, 3.05) is 0 Å². The van der Waals surface area contributed by atoms with Gasteiger partial charge in [-0.2, -0.15) is 0 Å². The number of hydrogen-bond donors (Lipinski definition) is 1. The molecule has 0 saturated carbocycles. The molecule has 1 atom stereocenters. The average Bonchev–Trinajstić information content (AvgIpc) is 3.36. The molecule has 0 saturated heterocycles. The Bertz CT molecular complexity index is 1770. The molecule has 1 N–H and O–H groups in total. The zero-order valence-electron chi connectivity index (χ0n) is 22.0. The van der Waals surface area contributed by atoms with Crippen molar-refractivity contribution < 1.29 is 14.6 Å². The SMILES string of the molecule is Cc1cc2nc(-c3ccc4c(c3)c(=O)n(C)n4C)sc2c(-c2ccc(Cl)cc2)c1C(OC(C)(C)C)C(=O)O. The Morgan fingerprint density at radius 3 is 2.34 bits per heavy atom. The van der Waals surface area contributed by atoms with E-state index < -0.39 is 17.7 Å². The Morgan fingerprint density at radius 2 is 1.71 bits per heavy atom. The predicted molar refractivity (Wildman–Crippen MR) is 153 cm³/mol. The highest BCUT2D eigenvalue weighted by Gasteiger charge is 2.32. The molecule has 196 valence electrons. The molecule has 3 aromatic carbocycles. The zero-order chi connectivity index (χ0) is 27.5. The zero-order valence-corrected chi connectivity index (χ0v) is 23.6. The van der Waals surface area contributed by atoms with E-state index in [2.05, 4.69) is 0 Å². The van der Waals surface area contributed by atoms with Crippen LogP contribution in [0.3, 0.4) is 0 Å². The molecule has 38 heavy (non-hydrogen) atoms. The number of thiazole rings is 1. The minimum Gasteiger partial charge on any atom is -0.479 e. The second-order valence-corrected chi connectivity index (χ2v) is 11.8. The first-order valence-electron chi connectivity index (χ1n) is 12.1. The summed E-state index contributed by atoms with van der Waals surface area (Å²) in [6, 6.07) is 15.0. The highest BCUT2D eigenvalue weighted by Crippen LogP contribution is 2.44. The maximum absolute atomic E-state index is 12.8. The minimum atomic E-state index is -1.18. The van der Waals surface area contributed by atoms with Crippen molar-refractivity contribution in [1.82, 2.24) is 14.3 Å². The summed E-state index contributed by atoms with van der Waals surface area (Å²) in [5, 5.41) is 12.2. The van der Waals surface area contributed by atoms with Crippen LogP contribution in [0.15, 0.2) is 53.3 Å². The molecule has 0 amide bonds. The van der Waals surface area contributed by atoms with Crippen molar-refractivity contribution in [3.8, 4) is 21.7 Å². The van der Waals surface area contributed by atoms with Crippen molar-refractivity contribution in [3.63, 3.8) is 0 Å². The molecule has 9 heteroatoms. The Balaban J connectivity index is 1.79. The summed E-state index contributed by atoms with van der Waals surface area (Å²) in [4.78, 5) is 30.2. The largest absolute Gasteiger partial charge is 0.479 e. The van der Waals surface area contributed by atoms with Gasteiger partial charge in [0.1, 0.15) is 5.01 Å². The standard InChI is InChI=1S/C29H28ClN3O4S/c1-15-13-20-25(38-26(31-20)17-9-12-21-19(14-17)27(34)33(6)32(21)5)23(16-7-10-18(30)11-8-16)22(15)24(28(35)36)37-29(2,3)4/h7-14,24H,1-6H3,(H,35,36). The van der Waals surface area contributed by atoms with E-state index in [1.54, 1.807) is 23.9 Å². The number of carboxylic acid groups (broad SMARTS) is 1. The van der Waals surface area contributed by atoms with Crippen LogP contribution >= 0.6 is 22.9 Å². The third-order valence-corrected chi connectivity index (χ3v) is 7.97. The number of benzene rings is 3. The lowest BCUT2D eigenvalue weighted by molar-refractivity contribution is -0.160. The number of aliphatic carboxylic acids is 1. The summed E-state index contributed by atoms with van der Waals surface area (Å²) in [6.45, 7) is 7.41. The Labute approximate surface area is 228 Å². The smallest absolute Gasteiger partial charge is 0.337 e. The van der Waals surface area contributed by atoms with Crippen LogP contribution in [0.25, 0.3) is 42.8 Å². The summed E-state index contributed by atoms with van der Waals surface area (Å²) < 4.78 is 10.3. The van der Waals surface area contributed by atoms with Crippen LogP contribution in [0.5, 0.6) is 0 Å². The van der Waals surface area contributed by atoms with Crippen LogP contribution in [0.1, 0.15) is 38.0 Å².